The third-order valence-corrected chi connectivity index (χ3v) is 3.17. The Morgan fingerprint density at radius 3 is 2.60 bits per heavy atom. The van der Waals surface area contributed by atoms with Crippen LogP contribution >= 0.6 is 0 Å². The first-order valence-corrected chi connectivity index (χ1v) is 5.20. The number of benzene rings is 1. The van der Waals surface area contributed by atoms with Gasteiger partial charge in [0.15, 0.2) is 6.29 Å². The molecule has 0 spiro atoms. The maximum absolute atomic E-state index is 12.9. The molecule has 0 atom stereocenters. The molecule has 1 aromatic carbocycles. The molecule has 1 saturated carbocycles. The Hall–Kier alpha value is -1.22. The maximum Gasteiger partial charge on any atom is 0.150 e. The summed E-state index contributed by atoms with van der Waals surface area (Å²) in [6.45, 7) is 0. The lowest BCUT2D eigenvalue weighted by Crippen LogP contribution is -2.34. The molecule has 15 heavy (non-hydrogen) atoms. The van der Waals surface area contributed by atoms with E-state index < -0.39 is 5.54 Å². The van der Waals surface area contributed by atoms with E-state index in [1.54, 1.807) is 6.07 Å². The van der Waals surface area contributed by atoms with Gasteiger partial charge in [0.25, 0.3) is 0 Å². The fourth-order valence-electron chi connectivity index (χ4n) is 2.36. The summed E-state index contributed by atoms with van der Waals surface area (Å²) in [4.78, 5) is 10.9. The van der Waals surface area contributed by atoms with Crippen molar-refractivity contribution in [2.45, 2.75) is 31.2 Å². The van der Waals surface area contributed by atoms with E-state index in [0.717, 1.165) is 31.2 Å². The van der Waals surface area contributed by atoms with Gasteiger partial charge in [-0.05, 0) is 30.5 Å². The van der Waals surface area contributed by atoms with Crippen molar-refractivity contribution in [3.8, 4) is 0 Å². The number of nitrogens with two attached hydrogens (primary N) is 1. The van der Waals surface area contributed by atoms with E-state index in [4.69, 9.17) is 5.73 Å². The summed E-state index contributed by atoms with van der Waals surface area (Å²) in [6.07, 6.45) is 4.59. The average molecular weight is 207 g/mol. The standard InChI is InChI=1S/C12H14FNO/c13-10-3-4-11(9(7-10)8-15)12(14)5-1-2-6-12/h3-4,7-8H,1-2,5-6,14H2. The summed E-state index contributed by atoms with van der Waals surface area (Å²) in [5.74, 6) is -0.387. The molecule has 0 heterocycles. The second-order valence-corrected chi connectivity index (χ2v) is 4.21. The van der Waals surface area contributed by atoms with Crippen molar-refractivity contribution in [1.29, 1.82) is 0 Å². The van der Waals surface area contributed by atoms with E-state index in [-0.39, 0.29) is 5.82 Å². The zero-order valence-electron chi connectivity index (χ0n) is 8.50. The minimum absolute atomic E-state index is 0.387. The van der Waals surface area contributed by atoms with E-state index in [0.29, 0.717) is 11.8 Å². The summed E-state index contributed by atoms with van der Waals surface area (Å²) in [5, 5.41) is 0. The lowest BCUT2D eigenvalue weighted by molar-refractivity contribution is 0.112. The molecule has 0 bridgehead atoms. The molecule has 1 fully saturated rings. The highest BCUT2D eigenvalue weighted by atomic mass is 19.1. The quantitative estimate of drug-likeness (QED) is 0.756. The number of rotatable bonds is 2. The first kappa shape index (κ1) is 10.3. The molecule has 0 unspecified atom stereocenters. The van der Waals surface area contributed by atoms with Crippen molar-refractivity contribution in [3.63, 3.8) is 0 Å². The van der Waals surface area contributed by atoms with E-state index in [1.807, 2.05) is 0 Å². The van der Waals surface area contributed by atoms with Gasteiger partial charge in [0.1, 0.15) is 5.82 Å². The van der Waals surface area contributed by atoms with Crippen LogP contribution in [0.2, 0.25) is 0 Å². The van der Waals surface area contributed by atoms with E-state index >= 15 is 0 Å². The SMILES string of the molecule is NC1(c2ccc(F)cc2C=O)CCCC1. The molecule has 2 rings (SSSR count). The molecule has 0 aliphatic heterocycles. The van der Waals surface area contributed by atoms with Crippen LogP contribution in [0.15, 0.2) is 18.2 Å². The Labute approximate surface area is 88.3 Å². The zero-order chi connectivity index (χ0) is 10.9. The van der Waals surface area contributed by atoms with Crippen LogP contribution in [-0.4, -0.2) is 6.29 Å². The molecule has 1 aliphatic rings. The molecular formula is C12H14FNO. The Kier molecular flexibility index (Phi) is 2.57. The van der Waals surface area contributed by atoms with Gasteiger partial charge in [-0.2, -0.15) is 0 Å². The summed E-state index contributed by atoms with van der Waals surface area (Å²) >= 11 is 0. The fourth-order valence-corrected chi connectivity index (χ4v) is 2.36. The van der Waals surface area contributed by atoms with Crippen LogP contribution in [0.25, 0.3) is 0 Å². The van der Waals surface area contributed by atoms with Gasteiger partial charge in [0.2, 0.25) is 0 Å². The van der Waals surface area contributed by atoms with Gasteiger partial charge in [-0.3, -0.25) is 4.79 Å². The third-order valence-electron chi connectivity index (χ3n) is 3.17. The van der Waals surface area contributed by atoms with Gasteiger partial charge in [-0.1, -0.05) is 18.9 Å². The molecule has 1 aromatic rings. The van der Waals surface area contributed by atoms with Crippen LogP contribution in [0.5, 0.6) is 0 Å². The first-order chi connectivity index (χ1) is 7.15. The molecular weight excluding hydrogens is 193 g/mol. The van der Waals surface area contributed by atoms with Crippen molar-refractivity contribution in [2.24, 2.45) is 5.73 Å². The number of halogens is 1. The predicted octanol–water partition coefficient (Wildman–Crippen LogP) is 2.37. The van der Waals surface area contributed by atoms with Crippen LogP contribution in [0, 0.1) is 5.82 Å². The number of aldehydes is 1. The van der Waals surface area contributed by atoms with Crippen molar-refractivity contribution in [2.75, 3.05) is 0 Å². The molecule has 0 amide bonds. The molecule has 80 valence electrons. The average Bonchev–Trinajstić information content (AvgIpc) is 2.66. The van der Waals surface area contributed by atoms with Gasteiger partial charge in [0, 0.05) is 11.1 Å². The van der Waals surface area contributed by atoms with Crippen LogP contribution in [0.4, 0.5) is 4.39 Å². The molecule has 1 aliphatic carbocycles. The molecule has 2 nitrogen and oxygen atoms in total. The Bertz CT molecular complexity index is 383. The normalized spacial score (nSPS) is 19.1. The van der Waals surface area contributed by atoms with E-state index in [2.05, 4.69) is 0 Å². The number of hydrogen-bond acceptors (Lipinski definition) is 2. The number of hydrogen-bond donors (Lipinski definition) is 1. The van der Waals surface area contributed by atoms with Gasteiger partial charge in [-0.15, -0.1) is 0 Å². The zero-order valence-corrected chi connectivity index (χ0v) is 8.50. The summed E-state index contributed by atoms with van der Waals surface area (Å²) in [5.41, 5.74) is 6.98. The summed E-state index contributed by atoms with van der Waals surface area (Å²) in [7, 11) is 0. The van der Waals surface area contributed by atoms with Crippen LogP contribution in [0.3, 0.4) is 0 Å². The smallest absolute Gasteiger partial charge is 0.150 e. The van der Waals surface area contributed by atoms with Gasteiger partial charge in [0.05, 0.1) is 0 Å². The predicted molar refractivity (Wildman–Crippen MR) is 56.1 cm³/mol. The molecule has 0 radical (unpaired) electrons. The highest BCUT2D eigenvalue weighted by molar-refractivity contribution is 5.78. The minimum Gasteiger partial charge on any atom is -0.321 e. The molecule has 0 aromatic heterocycles. The highest BCUT2D eigenvalue weighted by Gasteiger charge is 2.33. The topological polar surface area (TPSA) is 43.1 Å². The Morgan fingerprint density at radius 1 is 1.33 bits per heavy atom. The Morgan fingerprint density at radius 2 is 2.00 bits per heavy atom. The van der Waals surface area contributed by atoms with E-state index in [9.17, 15) is 9.18 Å². The fraction of sp³-hybridized carbons (Fsp3) is 0.417. The van der Waals surface area contributed by atoms with Crippen molar-refractivity contribution in [1.82, 2.24) is 0 Å². The lowest BCUT2D eigenvalue weighted by Gasteiger charge is -2.25. The highest BCUT2D eigenvalue weighted by Crippen LogP contribution is 2.37. The lowest BCUT2D eigenvalue weighted by atomic mass is 9.86. The summed E-state index contributed by atoms with van der Waals surface area (Å²) < 4.78 is 12.9. The first-order valence-electron chi connectivity index (χ1n) is 5.20. The van der Waals surface area contributed by atoms with Crippen molar-refractivity contribution in [3.05, 3.63) is 35.1 Å². The van der Waals surface area contributed by atoms with Crippen LogP contribution < -0.4 is 5.73 Å². The molecule has 0 saturated heterocycles. The van der Waals surface area contributed by atoms with Crippen LogP contribution in [0.1, 0.15) is 41.6 Å². The summed E-state index contributed by atoms with van der Waals surface area (Å²) in [6, 6.07) is 4.27. The maximum atomic E-state index is 12.9. The largest absolute Gasteiger partial charge is 0.321 e. The molecule has 3 heteroatoms. The molecule has 2 N–H and O–H groups in total. The Balaban J connectivity index is 2.46. The van der Waals surface area contributed by atoms with E-state index in [1.165, 1.54) is 12.1 Å². The van der Waals surface area contributed by atoms with Crippen molar-refractivity contribution < 1.29 is 9.18 Å². The van der Waals surface area contributed by atoms with Crippen LogP contribution in [-0.2, 0) is 5.54 Å². The van der Waals surface area contributed by atoms with Crippen molar-refractivity contribution >= 4 is 6.29 Å². The van der Waals surface area contributed by atoms with Gasteiger partial charge < -0.3 is 5.73 Å². The van der Waals surface area contributed by atoms with Gasteiger partial charge in [-0.25, -0.2) is 4.39 Å². The minimum atomic E-state index is -0.427. The second-order valence-electron chi connectivity index (χ2n) is 4.21. The monoisotopic (exact) mass is 207 g/mol. The van der Waals surface area contributed by atoms with Gasteiger partial charge >= 0.3 is 0 Å². The number of carbonyl (C=O) groups excluding carboxylic acids is 1. The number of carbonyl (C=O) groups is 1. The third kappa shape index (κ3) is 1.79. The second kappa shape index (κ2) is 3.74.